The molecule has 0 aliphatic carbocycles. The van der Waals surface area contributed by atoms with Gasteiger partial charge in [-0.15, -0.1) is 0 Å². The molecule has 1 aliphatic rings. The second kappa shape index (κ2) is 11.5. The van der Waals surface area contributed by atoms with Gasteiger partial charge in [-0.2, -0.15) is 0 Å². The maximum absolute atomic E-state index is 12.9. The molecule has 35 heavy (non-hydrogen) atoms. The number of carbonyl (C=O) groups is 3. The van der Waals surface area contributed by atoms with E-state index in [9.17, 15) is 24.3 Å². The van der Waals surface area contributed by atoms with Crippen molar-refractivity contribution in [2.75, 3.05) is 31.6 Å². The van der Waals surface area contributed by atoms with Gasteiger partial charge in [0.25, 0.3) is 0 Å². The first-order valence-corrected chi connectivity index (χ1v) is 12.1. The third kappa shape index (κ3) is 6.08. The van der Waals surface area contributed by atoms with E-state index in [4.69, 9.17) is 4.74 Å². The van der Waals surface area contributed by atoms with Gasteiger partial charge < -0.3 is 24.9 Å². The van der Waals surface area contributed by atoms with Crippen molar-refractivity contribution in [2.24, 2.45) is 7.05 Å². The number of carbonyl (C=O) groups excluding carboxylic acids is 3. The molecule has 1 aliphatic heterocycles. The van der Waals surface area contributed by atoms with Crippen molar-refractivity contribution in [3.05, 3.63) is 22.7 Å². The Labute approximate surface area is 204 Å². The predicted molar refractivity (Wildman–Crippen MR) is 130 cm³/mol. The van der Waals surface area contributed by atoms with Gasteiger partial charge in [0.05, 0.1) is 42.1 Å². The number of hydrogen-bond acceptors (Lipinski definition) is 8. The van der Waals surface area contributed by atoms with Gasteiger partial charge in [-0.1, -0.05) is 13.3 Å². The van der Waals surface area contributed by atoms with E-state index < -0.39 is 11.6 Å². The van der Waals surface area contributed by atoms with Crippen molar-refractivity contribution in [3.8, 4) is 0 Å². The maximum atomic E-state index is 12.9. The molecule has 0 aromatic carbocycles. The molecule has 2 N–H and O–H groups in total. The zero-order valence-corrected chi connectivity index (χ0v) is 20.7. The van der Waals surface area contributed by atoms with Crippen molar-refractivity contribution in [1.29, 1.82) is 0 Å². The minimum atomic E-state index is -1.10. The smallest absolute Gasteiger partial charge is 0.330 e. The zero-order valence-electron chi connectivity index (χ0n) is 20.7. The second-order valence-electron chi connectivity index (χ2n) is 9.13. The number of aldehydes is 1. The molecule has 0 saturated carbocycles. The average molecular weight is 490 g/mol. The Hall–Kier alpha value is -3.21. The van der Waals surface area contributed by atoms with Crippen molar-refractivity contribution >= 4 is 35.0 Å². The van der Waals surface area contributed by atoms with Crippen LogP contribution in [0.5, 0.6) is 0 Å². The number of nitrogens with one attached hydrogen (secondary N) is 1. The molecule has 11 heteroatoms. The molecule has 2 aromatic rings. The summed E-state index contributed by atoms with van der Waals surface area (Å²) in [5.74, 6) is -0.588. The Morgan fingerprint density at radius 1 is 1.34 bits per heavy atom. The van der Waals surface area contributed by atoms with Crippen LogP contribution in [-0.4, -0.2) is 69.7 Å². The van der Waals surface area contributed by atoms with Gasteiger partial charge in [0.1, 0.15) is 6.29 Å². The number of esters is 1. The van der Waals surface area contributed by atoms with Gasteiger partial charge in [-0.05, 0) is 31.7 Å². The quantitative estimate of drug-likeness (QED) is 0.272. The first-order chi connectivity index (χ1) is 16.7. The van der Waals surface area contributed by atoms with Gasteiger partial charge in [-0.3, -0.25) is 18.7 Å². The third-order valence-electron chi connectivity index (χ3n) is 6.64. The topological polar surface area (TPSA) is 136 Å². The number of ether oxygens (including phenoxy) is 1. The number of unbranched alkanes of at least 4 members (excludes halogenated alkanes) is 1. The lowest BCUT2D eigenvalue weighted by Gasteiger charge is -2.38. The number of anilines is 1. The lowest BCUT2D eigenvalue weighted by molar-refractivity contribution is -0.150. The summed E-state index contributed by atoms with van der Waals surface area (Å²) >= 11 is 0. The van der Waals surface area contributed by atoms with E-state index in [0.717, 1.165) is 18.5 Å². The van der Waals surface area contributed by atoms with Gasteiger partial charge in [0.15, 0.2) is 5.65 Å². The highest BCUT2D eigenvalue weighted by molar-refractivity contribution is 5.78. The number of imidazole rings is 1. The number of nitrogens with zero attached hydrogens (tertiary/aromatic N) is 4. The number of piperidine rings is 1. The van der Waals surface area contributed by atoms with E-state index in [1.807, 2.05) is 17.9 Å². The van der Waals surface area contributed by atoms with Crippen LogP contribution in [0.25, 0.3) is 11.2 Å². The van der Waals surface area contributed by atoms with Crippen LogP contribution in [0.15, 0.2) is 17.1 Å². The van der Waals surface area contributed by atoms with Crippen LogP contribution in [0, 0.1) is 0 Å². The molecule has 1 fully saturated rings. The van der Waals surface area contributed by atoms with Gasteiger partial charge >= 0.3 is 11.7 Å². The number of aryl methyl sites for hydroxylation is 1. The van der Waals surface area contributed by atoms with Crippen molar-refractivity contribution in [3.63, 3.8) is 0 Å². The molecule has 1 atom stereocenters. The highest BCUT2D eigenvalue weighted by atomic mass is 16.5. The highest BCUT2D eigenvalue weighted by Crippen LogP contribution is 2.30. The molecular formula is C24H35N5O6. The van der Waals surface area contributed by atoms with Gasteiger partial charge in [0.2, 0.25) is 5.91 Å². The van der Waals surface area contributed by atoms with Crippen molar-refractivity contribution < 1.29 is 24.2 Å². The first-order valence-electron chi connectivity index (χ1n) is 12.1. The molecule has 2 aromatic heterocycles. The molecule has 3 rings (SSSR count). The summed E-state index contributed by atoms with van der Waals surface area (Å²) in [4.78, 5) is 54.9. The normalized spacial score (nSPS) is 16.2. The number of aliphatic hydroxyl groups is 1. The summed E-state index contributed by atoms with van der Waals surface area (Å²) < 4.78 is 7.96. The fourth-order valence-corrected chi connectivity index (χ4v) is 4.36. The number of fused-ring (bicyclic) bond motifs is 1. The third-order valence-corrected chi connectivity index (χ3v) is 6.64. The molecule has 3 heterocycles. The number of amides is 1. The monoisotopic (exact) mass is 489 g/mol. The van der Waals surface area contributed by atoms with Crippen LogP contribution in [0.2, 0.25) is 0 Å². The van der Waals surface area contributed by atoms with Crippen LogP contribution in [0.4, 0.5) is 5.69 Å². The Bertz CT molecular complexity index is 1120. The Morgan fingerprint density at radius 3 is 2.69 bits per heavy atom. The van der Waals surface area contributed by atoms with Crippen molar-refractivity contribution in [1.82, 2.24) is 19.4 Å². The van der Waals surface area contributed by atoms with Gasteiger partial charge in [-0.25, -0.2) is 9.78 Å². The number of rotatable bonds is 11. The number of pyridine rings is 1. The SMILES string of the molecule is CCCCOC(=O)CC1(O)CCN(c2cnc3c(c2)n(C)c(=O)n3C(C=O)CCC(=O)NC)CC1. The van der Waals surface area contributed by atoms with Crippen LogP contribution in [-0.2, 0) is 26.2 Å². The van der Waals surface area contributed by atoms with Gasteiger partial charge in [0, 0.05) is 33.6 Å². The standard InChI is InChI=1S/C24H35N5O6/c1-4-5-12-35-21(32)14-24(34)8-10-28(11-9-24)18-13-19-22(26-15-18)29(23(33)27(19)3)17(16-30)6-7-20(31)25-2/h13,15-17,34H,4-12,14H2,1-3H3,(H,25,31). The van der Waals surface area contributed by atoms with Crippen LogP contribution >= 0.6 is 0 Å². The molecule has 1 amide bonds. The second-order valence-corrected chi connectivity index (χ2v) is 9.13. The van der Waals surface area contributed by atoms with Crippen LogP contribution in [0.1, 0.15) is 57.9 Å². The number of aromatic nitrogens is 3. The molecule has 0 bridgehead atoms. The summed E-state index contributed by atoms with van der Waals surface area (Å²) in [6.07, 6.45) is 5.13. The molecule has 192 valence electrons. The van der Waals surface area contributed by atoms with E-state index in [0.29, 0.717) is 50.0 Å². The highest BCUT2D eigenvalue weighted by Gasteiger charge is 2.35. The molecule has 11 nitrogen and oxygen atoms in total. The Morgan fingerprint density at radius 2 is 2.06 bits per heavy atom. The summed E-state index contributed by atoms with van der Waals surface area (Å²) in [5, 5.41) is 13.4. The summed E-state index contributed by atoms with van der Waals surface area (Å²) in [6, 6.07) is 1.04. The summed E-state index contributed by atoms with van der Waals surface area (Å²) in [7, 11) is 3.14. The lowest BCUT2D eigenvalue weighted by Crippen LogP contribution is -2.45. The van der Waals surface area contributed by atoms with E-state index in [-0.39, 0.29) is 36.8 Å². The minimum Gasteiger partial charge on any atom is -0.466 e. The van der Waals surface area contributed by atoms with Crippen LogP contribution in [0.3, 0.4) is 0 Å². The fraction of sp³-hybridized carbons (Fsp3) is 0.625. The molecule has 0 radical (unpaired) electrons. The fourth-order valence-electron chi connectivity index (χ4n) is 4.36. The maximum Gasteiger partial charge on any atom is 0.330 e. The Balaban J connectivity index is 1.73. The average Bonchev–Trinajstić information content (AvgIpc) is 3.09. The number of hydrogen-bond donors (Lipinski definition) is 2. The van der Waals surface area contributed by atoms with Crippen LogP contribution < -0.4 is 15.9 Å². The molecule has 0 spiro atoms. The summed E-state index contributed by atoms with van der Waals surface area (Å²) in [6.45, 7) is 3.43. The van der Waals surface area contributed by atoms with E-state index >= 15 is 0 Å². The minimum absolute atomic E-state index is 0.0255. The van der Waals surface area contributed by atoms with Crippen molar-refractivity contribution in [2.45, 2.75) is 63.5 Å². The van der Waals surface area contributed by atoms with E-state index in [1.165, 1.54) is 16.2 Å². The Kier molecular flexibility index (Phi) is 8.66. The molecule has 1 saturated heterocycles. The molecular weight excluding hydrogens is 454 g/mol. The predicted octanol–water partition coefficient (Wildman–Crippen LogP) is 1.07. The zero-order chi connectivity index (χ0) is 25.6. The largest absolute Gasteiger partial charge is 0.466 e. The summed E-state index contributed by atoms with van der Waals surface area (Å²) in [5.41, 5.74) is 0.243. The van der Waals surface area contributed by atoms with E-state index in [2.05, 4.69) is 10.3 Å². The lowest BCUT2D eigenvalue weighted by atomic mass is 9.88. The first kappa shape index (κ1) is 26.4. The molecule has 1 unspecified atom stereocenters. The van der Waals surface area contributed by atoms with E-state index in [1.54, 1.807) is 13.2 Å².